The summed E-state index contributed by atoms with van der Waals surface area (Å²) in [7, 11) is 1.62. The zero-order chi connectivity index (χ0) is 21.1. The maximum atomic E-state index is 13.2. The molecule has 1 aromatic carbocycles. The Hall–Kier alpha value is -3.55. The molecule has 1 aromatic heterocycles. The fourth-order valence-electron chi connectivity index (χ4n) is 2.98. The largest absolute Gasteiger partial charge is 0.482 e. The second-order valence-corrected chi connectivity index (χ2v) is 6.96. The van der Waals surface area contributed by atoms with Crippen molar-refractivity contribution in [1.82, 2.24) is 9.58 Å². The SMILES string of the molecule is C[C@@H]1/C=C\[C@H](C)N(C)C(=O)c2c(OCc3ccccc3)c(=O)c(C(=O)O)cn2N1. The number of carboxylic acid groups (broad SMARTS) is 1. The molecule has 0 saturated heterocycles. The lowest BCUT2D eigenvalue weighted by Gasteiger charge is -2.25. The predicted molar refractivity (Wildman–Crippen MR) is 108 cm³/mol. The van der Waals surface area contributed by atoms with E-state index in [2.05, 4.69) is 5.43 Å². The van der Waals surface area contributed by atoms with E-state index < -0.39 is 22.9 Å². The molecular formula is C21H23N3O5. The number of carbonyl (C=O) groups is 2. The van der Waals surface area contributed by atoms with Crippen molar-refractivity contribution in [2.45, 2.75) is 32.5 Å². The number of hydrogen-bond acceptors (Lipinski definition) is 5. The Bertz CT molecular complexity index is 1010. The maximum Gasteiger partial charge on any atom is 0.341 e. The van der Waals surface area contributed by atoms with Gasteiger partial charge in [0, 0.05) is 19.3 Å². The Labute approximate surface area is 168 Å². The van der Waals surface area contributed by atoms with Gasteiger partial charge in [-0.25, -0.2) is 4.79 Å². The number of carbonyl (C=O) groups excluding carboxylic acids is 1. The highest BCUT2D eigenvalue weighted by molar-refractivity contribution is 5.97. The van der Waals surface area contributed by atoms with Crippen LogP contribution in [0.2, 0.25) is 0 Å². The normalized spacial score (nSPS) is 20.0. The van der Waals surface area contributed by atoms with Crippen LogP contribution >= 0.6 is 0 Å². The molecule has 1 aliphatic heterocycles. The van der Waals surface area contributed by atoms with E-state index in [9.17, 15) is 19.5 Å². The van der Waals surface area contributed by atoms with Crippen molar-refractivity contribution < 1.29 is 19.4 Å². The second kappa shape index (κ2) is 8.22. The molecule has 0 fully saturated rings. The van der Waals surface area contributed by atoms with Crippen molar-refractivity contribution in [3.63, 3.8) is 0 Å². The fraction of sp³-hybridized carbons (Fsp3) is 0.286. The zero-order valence-corrected chi connectivity index (χ0v) is 16.5. The van der Waals surface area contributed by atoms with Crippen molar-refractivity contribution in [1.29, 1.82) is 0 Å². The monoisotopic (exact) mass is 397 g/mol. The van der Waals surface area contributed by atoms with E-state index in [0.717, 1.165) is 11.8 Å². The summed E-state index contributed by atoms with van der Waals surface area (Å²) in [5, 5.41) is 9.48. The Kier molecular flexibility index (Phi) is 5.72. The number of nitrogens with one attached hydrogen (secondary N) is 1. The van der Waals surface area contributed by atoms with Gasteiger partial charge in [-0.1, -0.05) is 42.5 Å². The molecule has 0 unspecified atom stereocenters. The Morgan fingerprint density at radius 1 is 1.17 bits per heavy atom. The molecule has 2 heterocycles. The summed E-state index contributed by atoms with van der Waals surface area (Å²) in [6, 6.07) is 8.67. The molecule has 0 spiro atoms. The van der Waals surface area contributed by atoms with Gasteiger partial charge >= 0.3 is 5.97 Å². The number of nitrogens with zero attached hydrogens (tertiary/aromatic N) is 2. The van der Waals surface area contributed by atoms with Crippen LogP contribution in [0.5, 0.6) is 5.75 Å². The molecule has 8 nitrogen and oxygen atoms in total. The summed E-state index contributed by atoms with van der Waals surface area (Å²) >= 11 is 0. The minimum Gasteiger partial charge on any atom is -0.482 e. The number of hydrogen-bond donors (Lipinski definition) is 2. The van der Waals surface area contributed by atoms with Crippen LogP contribution in [0.25, 0.3) is 0 Å². The fourth-order valence-corrected chi connectivity index (χ4v) is 2.98. The van der Waals surface area contributed by atoms with Crippen LogP contribution in [0, 0.1) is 0 Å². The molecular weight excluding hydrogens is 374 g/mol. The van der Waals surface area contributed by atoms with E-state index in [0.29, 0.717) is 0 Å². The highest BCUT2D eigenvalue weighted by Crippen LogP contribution is 2.21. The third-order valence-electron chi connectivity index (χ3n) is 4.78. The number of pyridine rings is 1. The smallest absolute Gasteiger partial charge is 0.341 e. The first-order chi connectivity index (χ1) is 13.8. The summed E-state index contributed by atoms with van der Waals surface area (Å²) in [4.78, 5) is 39.2. The molecule has 29 heavy (non-hydrogen) atoms. The van der Waals surface area contributed by atoms with Crippen molar-refractivity contribution in [2.75, 3.05) is 12.5 Å². The van der Waals surface area contributed by atoms with Crippen LogP contribution < -0.4 is 15.6 Å². The highest BCUT2D eigenvalue weighted by Gasteiger charge is 2.30. The van der Waals surface area contributed by atoms with Gasteiger partial charge in [0.1, 0.15) is 12.2 Å². The van der Waals surface area contributed by atoms with Gasteiger partial charge in [0.25, 0.3) is 5.91 Å². The summed E-state index contributed by atoms with van der Waals surface area (Å²) < 4.78 is 7.01. The van der Waals surface area contributed by atoms with E-state index in [-0.39, 0.29) is 30.1 Å². The molecule has 0 saturated carbocycles. The average Bonchev–Trinajstić information content (AvgIpc) is 2.74. The Balaban J connectivity index is 2.18. The zero-order valence-electron chi connectivity index (χ0n) is 16.5. The molecule has 2 atom stereocenters. The molecule has 152 valence electrons. The van der Waals surface area contributed by atoms with E-state index in [1.165, 1.54) is 9.58 Å². The first kappa shape index (κ1) is 20.2. The number of aromatic carboxylic acids is 1. The van der Waals surface area contributed by atoms with Gasteiger partial charge in [0.2, 0.25) is 5.43 Å². The third kappa shape index (κ3) is 4.16. The summed E-state index contributed by atoms with van der Waals surface area (Å²) in [5.74, 6) is -2.14. The second-order valence-electron chi connectivity index (χ2n) is 6.96. The van der Waals surface area contributed by atoms with Crippen LogP contribution in [0.4, 0.5) is 0 Å². The lowest BCUT2D eigenvalue weighted by atomic mass is 10.1. The topological polar surface area (TPSA) is 101 Å². The van der Waals surface area contributed by atoms with E-state index >= 15 is 0 Å². The van der Waals surface area contributed by atoms with Gasteiger partial charge in [-0.15, -0.1) is 0 Å². The van der Waals surface area contributed by atoms with Crippen molar-refractivity contribution in [3.05, 3.63) is 75.7 Å². The lowest BCUT2D eigenvalue weighted by Crippen LogP contribution is -2.39. The number of ether oxygens (including phenoxy) is 1. The molecule has 0 bridgehead atoms. The van der Waals surface area contributed by atoms with Crippen LogP contribution in [0.3, 0.4) is 0 Å². The maximum absolute atomic E-state index is 13.2. The standard InChI is InChI=1S/C21H23N3O5/c1-13-9-10-14(2)23(3)20(26)17-19(29-12-15-7-5-4-6-8-15)18(25)16(21(27)28)11-24(17)22-13/h4-11,13-14,22H,12H2,1-3H3,(H,27,28)/b10-9-/t13-,14+/m1/s1. The van der Waals surface area contributed by atoms with Crippen LogP contribution in [-0.4, -0.2) is 45.7 Å². The first-order valence-corrected chi connectivity index (χ1v) is 9.21. The van der Waals surface area contributed by atoms with Gasteiger partial charge in [-0.3, -0.25) is 14.3 Å². The molecule has 3 rings (SSSR count). The Morgan fingerprint density at radius 3 is 2.52 bits per heavy atom. The third-order valence-corrected chi connectivity index (χ3v) is 4.78. The van der Waals surface area contributed by atoms with Crippen molar-refractivity contribution >= 4 is 11.9 Å². The number of fused-ring (bicyclic) bond motifs is 1. The van der Waals surface area contributed by atoms with Crippen LogP contribution in [0.1, 0.15) is 40.3 Å². The van der Waals surface area contributed by atoms with E-state index in [1.54, 1.807) is 7.05 Å². The van der Waals surface area contributed by atoms with Gasteiger partial charge in [0.05, 0.1) is 6.04 Å². The van der Waals surface area contributed by atoms with Gasteiger partial charge in [0.15, 0.2) is 11.4 Å². The summed E-state index contributed by atoms with van der Waals surface area (Å²) in [6.07, 6.45) is 4.86. The quantitative estimate of drug-likeness (QED) is 0.766. The molecule has 2 N–H and O–H groups in total. The minimum absolute atomic E-state index is 0.0203. The molecule has 8 heteroatoms. The van der Waals surface area contributed by atoms with Gasteiger partial charge < -0.3 is 20.2 Å². The Morgan fingerprint density at radius 2 is 1.86 bits per heavy atom. The minimum atomic E-state index is -1.39. The average molecular weight is 397 g/mol. The van der Waals surface area contributed by atoms with Crippen molar-refractivity contribution in [3.8, 4) is 5.75 Å². The number of aromatic nitrogens is 1. The number of benzene rings is 1. The number of carboxylic acids is 1. The van der Waals surface area contributed by atoms with E-state index in [4.69, 9.17) is 4.74 Å². The predicted octanol–water partition coefficient (Wildman–Crippen LogP) is 2.09. The molecule has 0 aliphatic carbocycles. The molecule has 0 radical (unpaired) electrons. The molecule has 2 aromatic rings. The molecule has 1 aliphatic rings. The number of likely N-dealkylation sites (N-methyl/N-ethyl adjacent to an activating group) is 1. The molecule has 1 amide bonds. The van der Waals surface area contributed by atoms with E-state index in [1.807, 2.05) is 56.3 Å². The number of amides is 1. The van der Waals surface area contributed by atoms with Crippen LogP contribution in [-0.2, 0) is 6.61 Å². The van der Waals surface area contributed by atoms with Gasteiger partial charge in [-0.2, -0.15) is 0 Å². The lowest BCUT2D eigenvalue weighted by molar-refractivity contribution is 0.0688. The first-order valence-electron chi connectivity index (χ1n) is 9.21. The number of rotatable bonds is 4. The van der Waals surface area contributed by atoms with Gasteiger partial charge in [-0.05, 0) is 19.4 Å². The van der Waals surface area contributed by atoms with Crippen molar-refractivity contribution in [2.24, 2.45) is 0 Å². The summed E-state index contributed by atoms with van der Waals surface area (Å²) in [5.41, 5.74) is 2.46. The summed E-state index contributed by atoms with van der Waals surface area (Å²) in [6.45, 7) is 3.73. The van der Waals surface area contributed by atoms with Crippen LogP contribution in [0.15, 0.2) is 53.5 Å². The highest BCUT2D eigenvalue weighted by atomic mass is 16.5.